The third-order valence-corrected chi connectivity index (χ3v) is 3.03. The third kappa shape index (κ3) is 3.59. The fourth-order valence-electron chi connectivity index (χ4n) is 1.99. The maximum Gasteiger partial charge on any atom is 0.255 e. The van der Waals surface area contributed by atoms with E-state index in [0.29, 0.717) is 6.42 Å². The van der Waals surface area contributed by atoms with Gasteiger partial charge in [-0.05, 0) is 24.1 Å². The van der Waals surface area contributed by atoms with Gasteiger partial charge in [0.05, 0.1) is 18.2 Å². The molecule has 0 aliphatic rings. The molecule has 1 atom stereocenters. The van der Waals surface area contributed by atoms with Gasteiger partial charge in [0.2, 0.25) is 0 Å². The van der Waals surface area contributed by atoms with Crippen LogP contribution in [0.15, 0.2) is 54.6 Å². The summed E-state index contributed by atoms with van der Waals surface area (Å²) in [7, 11) is 0. The first-order chi connectivity index (χ1) is 9.70. The number of nitrogens with one attached hydrogen (secondary N) is 1. The smallest absolute Gasteiger partial charge is 0.255 e. The average molecular weight is 271 g/mol. The largest absolute Gasteiger partial charge is 0.507 e. The molecule has 0 aliphatic heterocycles. The van der Waals surface area contributed by atoms with E-state index < -0.39 is 5.91 Å². The molecule has 4 heteroatoms. The number of aromatic hydroxyl groups is 1. The fraction of sp³-hybridized carbons (Fsp3) is 0.188. The maximum atomic E-state index is 12.0. The topological polar surface area (TPSA) is 69.6 Å². The Labute approximate surface area is 117 Å². The van der Waals surface area contributed by atoms with Gasteiger partial charge in [0.1, 0.15) is 5.75 Å². The van der Waals surface area contributed by atoms with Gasteiger partial charge >= 0.3 is 0 Å². The first-order valence-corrected chi connectivity index (χ1v) is 6.44. The fourth-order valence-corrected chi connectivity index (χ4v) is 1.99. The van der Waals surface area contributed by atoms with Crippen molar-refractivity contribution < 1.29 is 15.0 Å². The van der Waals surface area contributed by atoms with Gasteiger partial charge in [-0.25, -0.2) is 0 Å². The Kier molecular flexibility index (Phi) is 4.74. The van der Waals surface area contributed by atoms with E-state index in [-0.39, 0.29) is 24.0 Å². The molecule has 0 heterocycles. The molecule has 0 fully saturated rings. The Bertz CT molecular complexity index is 569. The minimum absolute atomic E-state index is 0.0681. The van der Waals surface area contributed by atoms with Crippen LogP contribution in [0, 0.1) is 0 Å². The van der Waals surface area contributed by atoms with Crippen molar-refractivity contribution >= 4 is 5.91 Å². The zero-order valence-electron chi connectivity index (χ0n) is 11.0. The van der Waals surface area contributed by atoms with Gasteiger partial charge in [0.25, 0.3) is 5.91 Å². The highest BCUT2D eigenvalue weighted by Crippen LogP contribution is 2.15. The lowest BCUT2D eigenvalue weighted by atomic mass is 10.1. The molecule has 4 nitrogen and oxygen atoms in total. The van der Waals surface area contributed by atoms with Gasteiger partial charge in [-0.2, -0.15) is 0 Å². The molecule has 1 unspecified atom stereocenters. The normalized spacial score (nSPS) is 11.8. The monoisotopic (exact) mass is 271 g/mol. The minimum Gasteiger partial charge on any atom is -0.507 e. The molecule has 0 aliphatic carbocycles. The van der Waals surface area contributed by atoms with Crippen molar-refractivity contribution in [1.29, 1.82) is 0 Å². The molecule has 2 rings (SSSR count). The molecule has 0 spiro atoms. The number of hydrogen-bond donors (Lipinski definition) is 3. The number of aliphatic hydroxyl groups is 1. The van der Waals surface area contributed by atoms with Gasteiger partial charge in [-0.1, -0.05) is 42.5 Å². The first-order valence-electron chi connectivity index (χ1n) is 6.44. The number of phenols is 1. The predicted octanol–water partition coefficient (Wildman–Crippen LogP) is 1.73. The highest BCUT2D eigenvalue weighted by atomic mass is 16.3. The van der Waals surface area contributed by atoms with Crippen molar-refractivity contribution in [1.82, 2.24) is 5.32 Å². The van der Waals surface area contributed by atoms with E-state index in [2.05, 4.69) is 5.32 Å². The molecule has 104 valence electrons. The van der Waals surface area contributed by atoms with E-state index in [1.54, 1.807) is 18.2 Å². The summed E-state index contributed by atoms with van der Waals surface area (Å²) in [6.45, 7) is -0.159. The number of aliphatic hydroxyl groups excluding tert-OH is 1. The second-order valence-electron chi connectivity index (χ2n) is 4.56. The molecule has 0 bridgehead atoms. The van der Waals surface area contributed by atoms with Crippen LogP contribution in [-0.2, 0) is 6.42 Å². The van der Waals surface area contributed by atoms with E-state index in [4.69, 9.17) is 0 Å². The first kappa shape index (κ1) is 14.1. The van der Waals surface area contributed by atoms with Gasteiger partial charge in [-0.15, -0.1) is 0 Å². The summed E-state index contributed by atoms with van der Waals surface area (Å²) in [5.74, 6) is -0.459. The zero-order chi connectivity index (χ0) is 14.4. The van der Waals surface area contributed by atoms with Gasteiger partial charge in [0, 0.05) is 0 Å². The number of benzene rings is 2. The van der Waals surface area contributed by atoms with Crippen LogP contribution in [0.4, 0.5) is 0 Å². The van der Waals surface area contributed by atoms with Crippen LogP contribution < -0.4 is 5.32 Å². The summed E-state index contributed by atoms with van der Waals surface area (Å²) in [5.41, 5.74) is 1.24. The lowest BCUT2D eigenvalue weighted by molar-refractivity contribution is 0.0914. The SMILES string of the molecule is O=C(NC(CO)Cc1ccccc1)c1ccccc1O. The number of hydrogen-bond acceptors (Lipinski definition) is 3. The Morgan fingerprint density at radius 2 is 1.70 bits per heavy atom. The zero-order valence-corrected chi connectivity index (χ0v) is 11.0. The second kappa shape index (κ2) is 6.73. The lowest BCUT2D eigenvalue weighted by Crippen LogP contribution is -2.39. The van der Waals surface area contributed by atoms with Crippen molar-refractivity contribution in [2.24, 2.45) is 0 Å². The van der Waals surface area contributed by atoms with Crippen LogP contribution in [0.2, 0.25) is 0 Å². The Balaban J connectivity index is 2.03. The Hall–Kier alpha value is -2.33. The van der Waals surface area contributed by atoms with E-state index in [1.807, 2.05) is 30.3 Å². The maximum absolute atomic E-state index is 12.0. The standard InChI is InChI=1S/C16H17NO3/c18-11-13(10-12-6-2-1-3-7-12)17-16(20)14-8-4-5-9-15(14)19/h1-9,13,18-19H,10-11H2,(H,17,20). The van der Waals surface area contributed by atoms with Crippen molar-refractivity contribution in [3.05, 3.63) is 65.7 Å². The molecule has 0 aromatic heterocycles. The van der Waals surface area contributed by atoms with Gasteiger partial charge in [-0.3, -0.25) is 4.79 Å². The molecule has 2 aromatic carbocycles. The quantitative estimate of drug-likeness (QED) is 0.775. The predicted molar refractivity (Wildman–Crippen MR) is 76.6 cm³/mol. The van der Waals surface area contributed by atoms with Crippen LogP contribution >= 0.6 is 0 Å². The molecule has 0 saturated carbocycles. The van der Waals surface area contributed by atoms with E-state index in [1.165, 1.54) is 6.07 Å². The van der Waals surface area contributed by atoms with Crippen LogP contribution in [0.1, 0.15) is 15.9 Å². The number of para-hydroxylation sites is 1. The molecule has 3 N–H and O–H groups in total. The summed E-state index contributed by atoms with van der Waals surface area (Å²) in [6.07, 6.45) is 0.538. The van der Waals surface area contributed by atoms with E-state index in [0.717, 1.165) is 5.56 Å². The van der Waals surface area contributed by atoms with Gasteiger partial charge < -0.3 is 15.5 Å². The molecular formula is C16H17NO3. The number of carbonyl (C=O) groups is 1. The number of carbonyl (C=O) groups excluding carboxylic acids is 1. The summed E-state index contributed by atoms with van der Waals surface area (Å²) in [5, 5.41) is 21.7. The Morgan fingerprint density at radius 1 is 1.05 bits per heavy atom. The van der Waals surface area contributed by atoms with Crippen molar-refractivity contribution in [2.75, 3.05) is 6.61 Å². The molecule has 1 amide bonds. The summed E-state index contributed by atoms with van der Waals surface area (Å²) in [4.78, 5) is 12.0. The minimum atomic E-state index is -0.391. The van der Waals surface area contributed by atoms with Crippen molar-refractivity contribution in [3.8, 4) is 5.75 Å². The summed E-state index contributed by atoms with van der Waals surface area (Å²) in [6, 6.07) is 15.6. The highest BCUT2D eigenvalue weighted by molar-refractivity contribution is 5.96. The molecular weight excluding hydrogens is 254 g/mol. The average Bonchev–Trinajstić information content (AvgIpc) is 2.48. The summed E-state index contributed by atoms with van der Waals surface area (Å²) >= 11 is 0. The Morgan fingerprint density at radius 3 is 2.35 bits per heavy atom. The van der Waals surface area contributed by atoms with Crippen molar-refractivity contribution in [3.63, 3.8) is 0 Å². The number of phenolic OH excluding ortho intramolecular Hbond substituents is 1. The number of rotatable bonds is 5. The van der Waals surface area contributed by atoms with Crippen LogP contribution in [0.5, 0.6) is 5.75 Å². The van der Waals surface area contributed by atoms with Crippen molar-refractivity contribution in [2.45, 2.75) is 12.5 Å². The van der Waals surface area contributed by atoms with Crippen LogP contribution in [0.25, 0.3) is 0 Å². The van der Waals surface area contributed by atoms with Gasteiger partial charge in [0.15, 0.2) is 0 Å². The second-order valence-corrected chi connectivity index (χ2v) is 4.56. The van der Waals surface area contributed by atoms with E-state index in [9.17, 15) is 15.0 Å². The van der Waals surface area contributed by atoms with Crippen LogP contribution in [-0.4, -0.2) is 28.8 Å². The summed E-state index contributed by atoms with van der Waals surface area (Å²) < 4.78 is 0. The number of amides is 1. The molecule has 0 radical (unpaired) electrons. The third-order valence-electron chi connectivity index (χ3n) is 3.03. The molecule has 20 heavy (non-hydrogen) atoms. The van der Waals surface area contributed by atoms with E-state index >= 15 is 0 Å². The highest BCUT2D eigenvalue weighted by Gasteiger charge is 2.15. The molecule has 2 aromatic rings. The molecule has 0 saturated heterocycles. The van der Waals surface area contributed by atoms with Crippen LogP contribution in [0.3, 0.4) is 0 Å². The lowest BCUT2D eigenvalue weighted by Gasteiger charge is -2.16.